The Labute approximate surface area is 99.9 Å². The van der Waals surface area contributed by atoms with Gasteiger partial charge in [-0.2, -0.15) is 0 Å². The lowest BCUT2D eigenvalue weighted by molar-refractivity contribution is -0.145. The molecule has 0 aromatic carbocycles. The maximum atomic E-state index is 11.3. The Kier molecular flexibility index (Phi) is 7.39. The Morgan fingerprint density at radius 1 is 1.06 bits per heavy atom. The van der Waals surface area contributed by atoms with Gasteiger partial charge in [0, 0.05) is 12.1 Å². The van der Waals surface area contributed by atoms with Crippen molar-refractivity contribution in [2.45, 2.75) is 59.5 Å². The zero-order valence-corrected chi connectivity index (χ0v) is 11.5. The van der Waals surface area contributed by atoms with Crippen molar-refractivity contribution in [3.63, 3.8) is 0 Å². The van der Waals surface area contributed by atoms with Gasteiger partial charge in [0.2, 0.25) is 0 Å². The molecule has 3 heteroatoms. The topological polar surface area (TPSA) is 38.3 Å². The molecule has 0 saturated heterocycles. The van der Waals surface area contributed by atoms with Gasteiger partial charge >= 0.3 is 5.97 Å². The predicted molar refractivity (Wildman–Crippen MR) is 67.3 cm³/mol. The predicted octanol–water partition coefficient (Wildman–Crippen LogP) is 2.60. The van der Waals surface area contributed by atoms with E-state index in [1.807, 2.05) is 6.92 Å². The molecule has 0 aromatic rings. The fourth-order valence-electron chi connectivity index (χ4n) is 2.16. The SMILES string of the molecule is COC(=O)C(C)CC(C)NC(C)CC(C)C. The van der Waals surface area contributed by atoms with Crippen LogP contribution in [0.1, 0.15) is 47.5 Å². The maximum absolute atomic E-state index is 11.3. The number of rotatable bonds is 7. The molecule has 16 heavy (non-hydrogen) atoms. The van der Waals surface area contributed by atoms with E-state index in [1.165, 1.54) is 7.11 Å². The minimum atomic E-state index is -0.120. The van der Waals surface area contributed by atoms with E-state index in [2.05, 4.69) is 33.0 Å². The molecular formula is C13H27NO2. The van der Waals surface area contributed by atoms with Crippen molar-refractivity contribution in [3.8, 4) is 0 Å². The molecule has 1 N–H and O–H groups in total. The number of ether oxygens (including phenoxy) is 1. The third-order valence-corrected chi connectivity index (χ3v) is 2.70. The van der Waals surface area contributed by atoms with E-state index in [-0.39, 0.29) is 11.9 Å². The van der Waals surface area contributed by atoms with E-state index in [1.54, 1.807) is 0 Å². The fourth-order valence-corrected chi connectivity index (χ4v) is 2.16. The Balaban J connectivity index is 3.89. The van der Waals surface area contributed by atoms with Gasteiger partial charge in [0.1, 0.15) is 0 Å². The number of methoxy groups -OCH3 is 1. The summed E-state index contributed by atoms with van der Waals surface area (Å²) in [6.45, 7) is 10.7. The minimum absolute atomic E-state index is 0.0289. The first-order chi connectivity index (χ1) is 7.36. The number of hydrogen-bond acceptors (Lipinski definition) is 3. The molecule has 3 nitrogen and oxygen atoms in total. The highest BCUT2D eigenvalue weighted by Crippen LogP contribution is 2.10. The molecule has 0 radical (unpaired) electrons. The van der Waals surface area contributed by atoms with E-state index < -0.39 is 0 Å². The molecule has 3 unspecified atom stereocenters. The average molecular weight is 229 g/mol. The highest BCUT2D eigenvalue weighted by Gasteiger charge is 2.17. The van der Waals surface area contributed by atoms with Crippen LogP contribution in [0.5, 0.6) is 0 Å². The van der Waals surface area contributed by atoms with Gasteiger partial charge in [0.25, 0.3) is 0 Å². The van der Waals surface area contributed by atoms with Crippen molar-refractivity contribution >= 4 is 5.97 Å². The summed E-state index contributed by atoms with van der Waals surface area (Å²) < 4.78 is 4.72. The summed E-state index contributed by atoms with van der Waals surface area (Å²) in [5, 5.41) is 3.51. The highest BCUT2D eigenvalue weighted by molar-refractivity contribution is 5.71. The summed E-state index contributed by atoms with van der Waals surface area (Å²) in [6, 6.07) is 0.850. The fraction of sp³-hybridized carbons (Fsp3) is 0.923. The molecule has 0 spiro atoms. The Bertz CT molecular complexity index is 204. The van der Waals surface area contributed by atoms with Crippen LogP contribution in [-0.2, 0) is 9.53 Å². The summed E-state index contributed by atoms with van der Waals surface area (Å²) in [7, 11) is 1.44. The van der Waals surface area contributed by atoms with Crippen molar-refractivity contribution < 1.29 is 9.53 Å². The highest BCUT2D eigenvalue weighted by atomic mass is 16.5. The van der Waals surface area contributed by atoms with Gasteiger partial charge in [-0.15, -0.1) is 0 Å². The van der Waals surface area contributed by atoms with Gasteiger partial charge in [0.15, 0.2) is 0 Å². The van der Waals surface area contributed by atoms with Crippen LogP contribution in [0.25, 0.3) is 0 Å². The van der Waals surface area contributed by atoms with Crippen LogP contribution in [0.15, 0.2) is 0 Å². The maximum Gasteiger partial charge on any atom is 0.308 e. The number of carbonyl (C=O) groups is 1. The molecule has 3 atom stereocenters. The molecule has 0 saturated carbocycles. The molecule has 0 aromatic heterocycles. The van der Waals surface area contributed by atoms with Gasteiger partial charge in [-0.3, -0.25) is 4.79 Å². The van der Waals surface area contributed by atoms with Crippen molar-refractivity contribution in [2.24, 2.45) is 11.8 Å². The van der Waals surface area contributed by atoms with Gasteiger partial charge < -0.3 is 10.1 Å². The van der Waals surface area contributed by atoms with Crippen LogP contribution >= 0.6 is 0 Å². The molecule has 0 aliphatic rings. The van der Waals surface area contributed by atoms with E-state index in [4.69, 9.17) is 4.74 Å². The van der Waals surface area contributed by atoms with E-state index in [0.29, 0.717) is 18.0 Å². The third kappa shape index (κ3) is 6.83. The lowest BCUT2D eigenvalue weighted by atomic mass is 10.0. The second kappa shape index (κ2) is 7.66. The first kappa shape index (κ1) is 15.4. The Morgan fingerprint density at radius 3 is 2.00 bits per heavy atom. The summed E-state index contributed by atoms with van der Waals surface area (Å²) in [6.07, 6.45) is 1.99. The summed E-state index contributed by atoms with van der Waals surface area (Å²) in [5.41, 5.74) is 0. The van der Waals surface area contributed by atoms with E-state index >= 15 is 0 Å². The van der Waals surface area contributed by atoms with Crippen LogP contribution in [-0.4, -0.2) is 25.2 Å². The molecule has 96 valence electrons. The molecule has 0 aliphatic carbocycles. The van der Waals surface area contributed by atoms with Gasteiger partial charge in [-0.1, -0.05) is 20.8 Å². The third-order valence-electron chi connectivity index (χ3n) is 2.70. The average Bonchev–Trinajstić information content (AvgIpc) is 2.14. The van der Waals surface area contributed by atoms with E-state index in [0.717, 1.165) is 12.8 Å². The van der Waals surface area contributed by atoms with Crippen LogP contribution in [0, 0.1) is 11.8 Å². The van der Waals surface area contributed by atoms with Crippen molar-refractivity contribution in [1.29, 1.82) is 0 Å². The van der Waals surface area contributed by atoms with Crippen molar-refractivity contribution in [1.82, 2.24) is 5.32 Å². The van der Waals surface area contributed by atoms with Crippen LogP contribution in [0.4, 0.5) is 0 Å². The smallest absolute Gasteiger partial charge is 0.308 e. The Hall–Kier alpha value is -0.570. The van der Waals surface area contributed by atoms with Crippen molar-refractivity contribution in [3.05, 3.63) is 0 Å². The zero-order valence-electron chi connectivity index (χ0n) is 11.5. The summed E-state index contributed by atoms with van der Waals surface area (Å²) >= 11 is 0. The minimum Gasteiger partial charge on any atom is -0.469 e. The normalized spacial score (nSPS) is 16.9. The first-order valence-corrected chi connectivity index (χ1v) is 6.20. The van der Waals surface area contributed by atoms with Crippen LogP contribution in [0.3, 0.4) is 0 Å². The summed E-state index contributed by atoms with van der Waals surface area (Å²) in [4.78, 5) is 11.3. The number of hydrogen-bond donors (Lipinski definition) is 1. The van der Waals surface area contributed by atoms with Crippen LogP contribution < -0.4 is 5.32 Å². The summed E-state index contributed by atoms with van der Waals surface area (Å²) in [5.74, 6) is 0.552. The van der Waals surface area contributed by atoms with Gasteiger partial charge in [-0.05, 0) is 32.6 Å². The quantitative estimate of drug-likeness (QED) is 0.682. The van der Waals surface area contributed by atoms with E-state index in [9.17, 15) is 4.79 Å². The lowest BCUT2D eigenvalue weighted by Gasteiger charge is -2.23. The standard InChI is InChI=1S/C13H27NO2/c1-9(2)7-11(4)14-12(5)8-10(3)13(15)16-6/h9-12,14H,7-8H2,1-6H3. The largest absolute Gasteiger partial charge is 0.469 e. The molecule has 0 fully saturated rings. The molecule has 0 amide bonds. The molecule has 0 rings (SSSR count). The first-order valence-electron chi connectivity index (χ1n) is 6.20. The number of esters is 1. The van der Waals surface area contributed by atoms with Crippen molar-refractivity contribution in [2.75, 3.05) is 7.11 Å². The monoisotopic (exact) mass is 229 g/mol. The number of carbonyl (C=O) groups excluding carboxylic acids is 1. The molecular weight excluding hydrogens is 202 g/mol. The van der Waals surface area contributed by atoms with Gasteiger partial charge in [0.05, 0.1) is 13.0 Å². The van der Waals surface area contributed by atoms with Gasteiger partial charge in [-0.25, -0.2) is 0 Å². The second-order valence-electron chi connectivity index (χ2n) is 5.26. The molecule has 0 heterocycles. The lowest BCUT2D eigenvalue weighted by Crippen LogP contribution is -2.37. The molecule has 0 bridgehead atoms. The number of nitrogens with one attached hydrogen (secondary N) is 1. The van der Waals surface area contributed by atoms with Crippen LogP contribution in [0.2, 0.25) is 0 Å². The zero-order chi connectivity index (χ0) is 12.7. The second-order valence-corrected chi connectivity index (χ2v) is 5.26. The Morgan fingerprint density at radius 2 is 1.56 bits per heavy atom. The molecule has 0 aliphatic heterocycles.